The summed E-state index contributed by atoms with van der Waals surface area (Å²) in [6, 6.07) is 4.87. The van der Waals surface area contributed by atoms with Crippen LogP contribution in [0.4, 0.5) is 4.79 Å². The number of hydrogen-bond acceptors (Lipinski definition) is 6. The van der Waals surface area contributed by atoms with Gasteiger partial charge in [0, 0.05) is 29.3 Å². The maximum Gasteiger partial charge on any atom is 0.293 e. The van der Waals surface area contributed by atoms with Crippen molar-refractivity contribution in [2.75, 3.05) is 13.1 Å². The van der Waals surface area contributed by atoms with Crippen molar-refractivity contribution in [1.29, 1.82) is 0 Å². The topological polar surface area (TPSA) is 92.3 Å². The minimum atomic E-state index is -0.439. The molecule has 0 bridgehead atoms. The van der Waals surface area contributed by atoms with Crippen LogP contribution in [0.5, 0.6) is 0 Å². The van der Waals surface area contributed by atoms with E-state index in [2.05, 4.69) is 15.3 Å². The zero-order chi connectivity index (χ0) is 20.3. The highest BCUT2D eigenvalue weighted by Crippen LogP contribution is 2.33. The molecular weight excluding hydrogens is 423 g/mol. The maximum absolute atomic E-state index is 12.5. The maximum atomic E-state index is 12.5. The van der Waals surface area contributed by atoms with E-state index < -0.39 is 17.1 Å². The van der Waals surface area contributed by atoms with Gasteiger partial charge in [0.15, 0.2) is 0 Å². The Labute approximate surface area is 175 Å². The van der Waals surface area contributed by atoms with E-state index in [4.69, 9.17) is 23.2 Å². The molecule has 144 valence electrons. The quantitative estimate of drug-likeness (QED) is 0.720. The number of nitrogens with zero attached hydrogens (tertiary/aromatic N) is 3. The van der Waals surface area contributed by atoms with E-state index in [1.165, 1.54) is 12.4 Å². The van der Waals surface area contributed by atoms with Crippen molar-refractivity contribution in [1.82, 2.24) is 20.2 Å². The molecule has 0 radical (unpaired) electrons. The lowest BCUT2D eigenvalue weighted by Gasteiger charge is -2.12. The van der Waals surface area contributed by atoms with Gasteiger partial charge in [-0.25, -0.2) is 4.98 Å². The van der Waals surface area contributed by atoms with Crippen molar-refractivity contribution in [2.45, 2.75) is 6.92 Å². The second-order valence-corrected chi connectivity index (χ2v) is 7.63. The molecule has 7 nitrogen and oxygen atoms in total. The number of carbonyl (C=O) groups excluding carboxylic acids is 3. The molecule has 2 aromatic rings. The number of thioether (sulfide) groups is 1. The molecule has 0 aliphatic carbocycles. The Morgan fingerprint density at radius 3 is 2.71 bits per heavy atom. The Kier molecular flexibility index (Phi) is 6.33. The lowest BCUT2D eigenvalue weighted by molar-refractivity contribution is -0.122. The molecular formula is C18H14Cl2N4O3S. The van der Waals surface area contributed by atoms with Gasteiger partial charge in [0.2, 0.25) is 0 Å². The van der Waals surface area contributed by atoms with E-state index in [-0.39, 0.29) is 23.7 Å². The summed E-state index contributed by atoms with van der Waals surface area (Å²) in [5.41, 5.74) is 1.45. The van der Waals surface area contributed by atoms with Gasteiger partial charge in [0.1, 0.15) is 5.69 Å². The van der Waals surface area contributed by atoms with Gasteiger partial charge in [-0.05, 0) is 42.5 Å². The minimum absolute atomic E-state index is 0.0430. The molecule has 3 rings (SSSR count). The molecule has 1 fully saturated rings. The summed E-state index contributed by atoms with van der Waals surface area (Å²) in [6.45, 7) is 1.90. The standard InChI is InChI=1S/C18H14Cl2N4O3S/c1-10-8-23-14(9-22-10)16(25)21-4-5-24-17(26)15(28-18(24)27)6-11-2-3-12(19)7-13(11)20/h2-3,6-9H,4-5H2,1H3,(H,21,25). The molecule has 28 heavy (non-hydrogen) atoms. The van der Waals surface area contributed by atoms with Crippen LogP contribution in [0.15, 0.2) is 35.5 Å². The lowest BCUT2D eigenvalue weighted by atomic mass is 10.2. The predicted octanol–water partition coefficient (Wildman–Crippen LogP) is 3.56. The SMILES string of the molecule is Cc1cnc(C(=O)NCCN2C(=O)SC(=Cc3ccc(Cl)cc3Cl)C2=O)cn1. The highest BCUT2D eigenvalue weighted by atomic mass is 35.5. The van der Waals surface area contributed by atoms with E-state index in [1.807, 2.05) is 0 Å². The first-order chi connectivity index (χ1) is 13.3. The summed E-state index contributed by atoms with van der Waals surface area (Å²) in [6.07, 6.45) is 4.39. The van der Waals surface area contributed by atoms with Gasteiger partial charge < -0.3 is 5.32 Å². The van der Waals surface area contributed by atoms with Crippen molar-refractivity contribution in [3.05, 3.63) is 62.5 Å². The fraction of sp³-hybridized carbons (Fsp3) is 0.167. The zero-order valence-corrected chi connectivity index (χ0v) is 16.9. The Balaban J connectivity index is 1.61. The third-order valence-corrected chi connectivity index (χ3v) is 5.23. The van der Waals surface area contributed by atoms with Gasteiger partial charge in [-0.3, -0.25) is 24.3 Å². The minimum Gasteiger partial charge on any atom is -0.349 e. The van der Waals surface area contributed by atoms with Crippen LogP contribution in [-0.4, -0.2) is 45.0 Å². The summed E-state index contributed by atoms with van der Waals surface area (Å²) in [5, 5.41) is 3.06. The molecule has 1 aromatic heterocycles. The van der Waals surface area contributed by atoms with Crippen molar-refractivity contribution >= 4 is 58.1 Å². The summed E-state index contributed by atoms with van der Waals surface area (Å²) in [4.78, 5) is 46.0. The van der Waals surface area contributed by atoms with Crippen LogP contribution >= 0.6 is 35.0 Å². The number of aryl methyl sites for hydroxylation is 1. The van der Waals surface area contributed by atoms with Gasteiger partial charge in [-0.1, -0.05) is 29.3 Å². The highest BCUT2D eigenvalue weighted by Gasteiger charge is 2.34. The summed E-state index contributed by atoms with van der Waals surface area (Å²) < 4.78 is 0. The molecule has 2 heterocycles. The zero-order valence-electron chi connectivity index (χ0n) is 14.6. The largest absolute Gasteiger partial charge is 0.349 e. The second kappa shape index (κ2) is 8.72. The molecule has 1 N–H and O–H groups in total. The third kappa shape index (κ3) is 4.70. The van der Waals surface area contributed by atoms with Gasteiger partial charge >= 0.3 is 0 Å². The molecule has 3 amide bonds. The third-order valence-electron chi connectivity index (χ3n) is 3.76. The van der Waals surface area contributed by atoms with E-state index >= 15 is 0 Å². The lowest BCUT2D eigenvalue weighted by Crippen LogP contribution is -2.37. The Hall–Kier alpha value is -2.42. The fourth-order valence-electron chi connectivity index (χ4n) is 2.33. The van der Waals surface area contributed by atoms with Crippen LogP contribution in [-0.2, 0) is 4.79 Å². The molecule has 0 atom stereocenters. The first kappa shape index (κ1) is 20.3. The molecule has 0 unspecified atom stereocenters. The molecule has 0 saturated carbocycles. The van der Waals surface area contributed by atoms with Crippen LogP contribution < -0.4 is 5.32 Å². The molecule has 10 heteroatoms. The van der Waals surface area contributed by atoms with E-state index in [0.717, 1.165) is 16.7 Å². The number of hydrogen-bond donors (Lipinski definition) is 1. The van der Waals surface area contributed by atoms with E-state index in [1.54, 1.807) is 31.2 Å². The molecule has 0 spiro atoms. The molecule has 1 aliphatic heterocycles. The van der Waals surface area contributed by atoms with Crippen LogP contribution in [0.2, 0.25) is 10.0 Å². The molecule has 1 aliphatic rings. The van der Waals surface area contributed by atoms with Gasteiger partial charge in [0.25, 0.3) is 17.1 Å². The van der Waals surface area contributed by atoms with Gasteiger partial charge in [0.05, 0.1) is 16.8 Å². The van der Waals surface area contributed by atoms with Crippen molar-refractivity contribution < 1.29 is 14.4 Å². The Morgan fingerprint density at radius 2 is 2.04 bits per heavy atom. The monoisotopic (exact) mass is 436 g/mol. The smallest absolute Gasteiger partial charge is 0.293 e. The number of imide groups is 1. The highest BCUT2D eigenvalue weighted by molar-refractivity contribution is 8.18. The average Bonchev–Trinajstić information content (AvgIpc) is 2.92. The molecule has 1 saturated heterocycles. The van der Waals surface area contributed by atoms with Gasteiger partial charge in [-0.2, -0.15) is 0 Å². The molecule has 1 aromatic carbocycles. The number of nitrogens with one attached hydrogen (secondary N) is 1. The number of aromatic nitrogens is 2. The van der Waals surface area contributed by atoms with Crippen molar-refractivity contribution in [2.24, 2.45) is 0 Å². The van der Waals surface area contributed by atoms with E-state index in [9.17, 15) is 14.4 Å². The van der Waals surface area contributed by atoms with Crippen LogP contribution in [0.3, 0.4) is 0 Å². The van der Waals surface area contributed by atoms with Crippen LogP contribution in [0, 0.1) is 6.92 Å². The normalized spacial score (nSPS) is 15.4. The first-order valence-corrected chi connectivity index (χ1v) is 9.69. The predicted molar refractivity (Wildman–Crippen MR) is 108 cm³/mol. The first-order valence-electron chi connectivity index (χ1n) is 8.12. The number of halogens is 2. The Morgan fingerprint density at radius 1 is 1.25 bits per heavy atom. The summed E-state index contributed by atoms with van der Waals surface area (Å²) in [7, 11) is 0. The number of rotatable bonds is 5. The second-order valence-electron chi connectivity index (χ2n) is 5.80. The number of amides is 3. The summed E-state index contributed by atoms with van der Waals surface area (Å²) >= 11 is 12.8. The average molecular weight is 437 g/mol. The summed E-state index contributed by atoms with van der Waals surface area (Å²) in [5.74, 6) is -0.867. The van der Waals surface area contributed by atoms with Crippen LogP contribution in [0.25, 0.3) is 6.08 Å². The van der Waals surface area contributed by atoms with Crippen molar-refractivity contribution in [3.63, 3.8) is 0 Å². The van der Waals surface area contributed by atoms with Crippen LogP contribution in [0.1, 0.15) is 21.7 Å². The van der Waals surface area contributed by atoms with Crippen molar-refractivity contribution in [3.8, 4) is 0 Å². The number of carbonyl (C=O) groups is 3. The Bertz CT molecular complexity index is 979. The van der Waals surface area contributed by atoms with E-state index in [0.29, 0.717) is 21.3 Å². The fourth-order valence-corrected chi connectivity index (χ4v) is 3.65. The number of benzene rings is 1. The van der Waals surface area contributed by atoms with Gasteiger partial charge in [-0.15, -0.1) is 0 Å².